The Balaban J connectivity index is 0. The van der Waals surface area contributed by atoms with Gasteiger partial charge in [0.15, 0.2) is 4.99 Å². The Kier molecular flexibility index (Phi) is 20.1. The first kappa shape index (κ1) is 34.1. The second kappa shape index (κ2) is 18.3. The molecule has 0 aliphatic rings. The summed E-state index contributed by atoms with van der Waals surface area (Å²) < 4.78 is 57.9. The van der Waals surface area contributed by atoms with Gasteiger partial charge in [-0.25, -0.2) is 8.42 Å². The molecule has 6 nitrogen and oxygen atoms in total. The summed E-state index contributed by atoms with van der Waals surface area (Å²) in [6, 6.07) is 0. The molecule has 0 bridgehead atoms. The summed E-state index contributed by atoms with van der Waals surface area (Å²) in [5, 5.41) is 0. The van der Waals surface area contributed by atoms with Crippen LogP contribution >= 0.6 is 7.60 Å². The van der Waals surface area contributed by atoms with Gasteiger partial charge in [-0.1, -0.05) is 34.9 Å². The molecule has 0 aromatic rings. The van der Waals surface area contributed by atoms with Gasteiger partial charge >= 0.3 is 59.0 Å². The zero-order chi connectivity index (χ0) is 23.2. The molecule has 1 atom stereocenters. The molecule has 0 radical (unpaired) electrons. The quantitative estimate of drug-likeness (QED) is 0.105. The average molecular weight is 503 g/mol. The SMILES string of the molecule is CCOP(=O)(OCC)C(CCC/C=C(\C)CC/C=C(\C)CCC=C(C)C)S(=O)(=O)[O-].[K+]. The first-order valence-corrected chi connectivity index (χ1v) is 13.8. The minimum atomic E-state index is -4.80. The van der Waals surface area contributed by atoms with Crippen LogP contribution in [0.25, 0.3) is 0 Å². The van der Waals surface area contributed by atoms with Crippen molar-refractivity contribution in [3.05, 3.63) is 34.9 Å². The molecule has 176 valence electrons. The fraction of sp³-hybridized carbons (Fsp3) is 0.727. The maximum Gasteiger partial charge on any atom is 1.00 e. The van der Waals surface area contributed by atoms with Gasteiger partial charge in [-0.3, -0.25) is 4.57 Å². The van der Waals surface area contributed by atoms with Crippen LogP contribution < -0.4 is 51.4 Å². The zero-order valence-corrected chi connectivity index (χ0v) is 25.3. The van der Waals surface area contributed by atoms with E-state index in [0.29, 0.717) is 12.8 Å². The van der Waals surface area contributed by atoms with E-state index in [9.17, 15) is 17.5 Å². The van der Waals surface area contributed by atoms with Crippen molar-refractivity contribution in [3.8, 4) is 0 Å². The third kappa shape index (κ3) is 16.2. The second-order valence-electron chi connectivity index (χ2n) is 7.71. The van der Waals surface area contributed by atoms with Gasteiger partial charge in [0.25, 0.3) is 0 Å². The van der Waals surface area contributed by atoms with Crippen LogP contribution in [0, 0.1) is 0 Å². The van der Waals surface area contributed by atoms with E-state index in [4.69, 9.17) is 9.05 Å². The maximum absolute atomic E-state index is 12.8. The molecule has 1 unspecified atom stereocenters. The van der Waals surface area contributed by atoms with E-state index in [1.165, 1.54) is 16.7 Å². The second-order valence-corrected chi connectivity index (χ2v) is 11.8. The fourth-order valence-electron chi connectivity index (χ4n) is 3.00. The van der Waals surface area contributed by atoms with E-state index in [-0.39, 0.29) is 71.0 Å². The predicted molar refractivity (Wildman–Crippen MR) is 124 cm³/mol. The summed E-state index contributed by atoms with van der Waals surface area (Å²) >= 11 is 0. The molecule has 0 amide bonds. The van der Waals surface area contributed by atoms with Gasteiger partial charge in [0.05, 0.1) is 13.2 Å². The molecular formula is C22H40KO6PS. The van der Waals surface area contributed by atoms with Crippen molar-refractivity contribution in [1.82, 2.24) is 0 Å². The molecule has 0 aliphatic heterocycles. The number of unbranched alkanes of at least 4 members (excludes halogenated alkanes) is 1. The zero-order valence-electron chi connectivity index (χ0n) is 20.5. The number of allylic oxidation sites excluding steroid dienone is 6. The molecule has 0 aromatic carbocycles. The Morgan fingerprint density at radius 2 is 1.35 bits per heavy atom. The molecule has 9 heteroatoms. The van der Waals surface area contributed by atoms with Crippen molar-refractivity contribution in [2.75, 3.05) is 13.2 Å². The van der Waals surface area contributed by atoms with Crippen LogP contribution in [0.3, 0.4) is 0 Å². The first-order valence-electron chi connectivity index (χ1n) is 10.7. The molecule has 0 rings (SSSR count). The fourth-order valence-corrected chi connectivity index (χ4v) is 6.71. The van der Waals surface area contributed by atoms with Crippen molar-refractivity contribution in [1.29, 1.82) is 0 Å². The Morgan fingerprint density at radius 3 is 1.77 bits per heavy atom. The normalized spacial score (nSPS) is 14.2. The monoisotopic (exact) mass is 502 g/mol. The van der Waals surface area contributed by atoms with Crippen molar-refractivity contribution in [2.24, 2.45) is 0 Å². The average Bonchev–Trinajstić information content (AvgIpc) is 2.60. The minimum absolute atomic E-state index is 0. The Hall–Kier alpha value is 0.916. The van der Waals surface area contributed by atoms with Crippen LogP contribution in [0.5, 0.6) is 0 Å². The van der Waals surface area contributed by atoms with Gasteiger partial charge in [-0.05, 0) is 86.5 Å². The summed E-state index contributed by atoms with van der Waals surface area (Å²) in [7, 11) is -8.79. The van der Waals surface area contributed by atoms with E-state index < -0.39 is 22.7 Å². The van der Waals surface area contributed by atoms with Gasteiger partial charge in [0.2, 0.25) is 0 Å². The summed E-state index contributed by atoms with van der Waals surface area (Å²) in [5.41, 5.74) is 3.93. The van der Waals surface area contributed by atoms with Crippen LogP contribution in [0.2, 0.25) is 0 Å². The molecule has 0 fully saturated rings. The topological polar surface area (TPSA) is 92.7 Å². The molecule has 0 heterocycles. The molecule has 31 heavy (non-hydrogen) atoms. The summed E-state index contributed by atoms with van der Waals surface area (Å²) in [6.07, 6.45) is 11.6. The van der Waals surface area contributed by atoms with Gasteiger partial charge in [0, 0.05) is 0 Å². The molecular weight excluding hydrogens is 462 g/mol. The summed E-state index contributed by atoms with van der Waals surface area (Å²) in [6.45, 7) is 11.6. The van der Waals surface area contributed by atoms with E-state index in [1.54, 1.807) is 13.8 Å². The van der Waals surface area contributed by atoms with Crippen molar-refractivity contribution in [3.63, 3.8) is 0 Å². The van der Waals surface area contributed by atoms with Gasteiger partial charge in [-0.15, -0.1) is 0 Å². The molecule has 0 aromatic heterocycles. The predicted octanol–water partition coefficient (Wildman–Crippen LogP) is 3.72. The first-order chi connectivity index (χ1) is 14.0. The van der Waals surface area contributed by atoms with E-state index in [2.05, 4.69) is 32.9 Å². The van der Waals surface area contributed by atoms with E-state index in [0.717, 1.165) is 25.7 Å². The standard InChI is InChI=1S/C22H41O6PS.K/c1-7-27-29(23,28-8-2)22(30(24,25)26)18-10-9-14-20(5)16-12-17-21(6)15-11-13-19(3)4;/h13-14,17,22H,7-12,15-16,18H2,1-6H3,(H,24,25,26);/q;+1/p-1/b20-14+,21-17+;. The Morgan fingerprint density at radius 1 is 0.903 bits per heavy atom. The van der Waals surface area contributed by atoms with Crippen LogP contribution in [0.4, 0.5) is 0 Å². The Labute approximate surface area is 233 Å². The molecule has 0 N–H and O–H groups in total. The van der Waals surface area contributed by atoms with Crippen molar-refractivity contribution in [2.45, 2.75) is 91.5 Å². The van der Waals surface area contributed by atoms with Crippen LogP contribution in [-0.2, 0) is 23.7 Å². The molecule has 0 aliphatic carbocycles. The van der Waals surface area contributed by atoms with Crippen molar-refractivity contribution < 1.29 is 78.0 Å². The number of hydrogen-bond acceptors (Lipinski definition) is 6. The van der Waals surface area contributed by atoms with E-state index in [1.807, 2.05) is 13.0 Å². The van der Waals surface area contributed by atoms with Crippen LogP contribution in [-0.4, -0.2) is 31.2 Å². The third-order valence-electron chi connectivity index (χ3n) is 4.57. The minimum Gasteiger partial charge on any atom is -0.747 e. The molecule has 0 saturated carbocycles. The summed E-state index contributed by atoms with van der Waals surface area (Å²) in [4.78, 5) is -1.66. The maximum atomic E-state index is 12.8. The Bertz CT molecular complexity index is 729. The third-order valence-corrected chi connectivity index (χ3v) is 9.23. The smallest absolute Gasteiger partial charge is 0.747 e. The number of hydrogen-bond donors (Lipinski definition) is 0. The van der Waals surface area contributed by atoms with Crippen LogP contribution in [0.15, 0.2) is 34.9 Å². The molecule has 0 saturated heterocycles. The van der Waals surface area contributed by atoms with Crippen molar-refractivity contribution >= 4 is 17.7 Å². The van der Waals surface area contributed by atoms with Gasteiger partial charge in [-0.2, -0.15) is 0 Å². The molecule has 0 spiro atoms. The largest absolute Gasteiger partial charge is 1.00 e. The van der Waals surface area contributed by atoms with Gasteiger partial charge < -0.3 is 13.6 Å². The van der Waals surface area contributed by atoms with Crippen LogP contribution in [0.1, 0.15) is 86.5 Å². The van der Waals surface area contributed by atoms with Gasteiger partial charge in [0.1, 0.15) is 10.1 Å². The van der Waals surface area contributed by atoms with E-state index >= 15 is 0 Å². The summed E-state index contributed by atoms with van der Waals surface area (Å²) in [5.74, 6) is 0. The number of rotatable bonds is 16.